The van der Waals surface area contributed by atoms with Crippen LogP contribution in [0.25, 0.3) is 0 Å². The first-order chi connectivity index (χ1) is 11.5. The van der Waals surface area contributed by atoms with Crippen LogP contribution < -0.4 is 5.32 Å². The second-order valence-electron chi connectivity index (χ2n) is 5.80. The summed E-state index contributed by atoms with van der Waals surface area (Å²) in [5.41, 5.74) is 0.968. The lowest BCUT2D eigenvalue weighted by molar-refractivity contribution is -0.134. The number of rotatable bonds is 7. The molecule has 1 aliphatic heterocycles. The molecule has 1 aromatic rings. The van der Waals surface area contributed by atoms with E-state index in [1.165, 1.54) is 6.92 Å². The van der Waals surface area contributed by atoms with Crippen LogP contribution in [0.2, 0.25) is 5.02 Å². The van der Waals surface area contributed by atoms with Crippen molar-refractivity contribution in [1.82, 2.24) is 15.1 Å². The summed E-state index contributed by atoms with van der Waals surface area (Å²) in [6.07, 6.45) is 0. The highest BCUT2D eigenvalue weighted by atomic mass is 35.5. The monoisotopic (exact) mass is 353 g/mol. The summed E-state index contributed by atoms with van der Waals surface area (Å²) in [4.78, 5) is 27.7. The second-order valence-corrected chi connectivity index (χ2v) is 6.23. The number of nitrogens with one attached hydrogen (secondary N) is 1. The maximum absolute atomic E-state index is 12.1. The van der Waals surface area contributed by atoms with Crippen LogP contribution in [0.5, 0.6) is 0 Å². The molecule has 132 valence electrons. The van der Waals surface area contributed by atoms with Gasteiger partial charge in [-0.25, -0.2) is 0 Å². The number of benzene rings is 1. The first-order valence-electron chi connectivity index (χ1n) is 8.11. The molecule has 0 atom stereocenters. The number of ether oxygens (including phenoxy) is 1. The van der Waals surface area contributed by atoms with Crippen LogP contribution in [0.15, 0.2) is 24.3 Å². The average molecular weight is 354 g/mol. The van der Waals surface area contributed by atoms with Gasteiger partial charge in [-0.15, -0.1) is 0 Å². The normalized spacial score (nSPS) is 15.1. The van der Waals surface area contributed by atoms with E-state index < -0.39 is 0 Å². The fourth-order valence-electron chi connectivity index (χ4n) is 2.47. The molecule has 24 heavy (non-hydrogen) atoms. The van der Waals surface area contributed by atoms with Crippen molar-refractivity contribution in [3.05, 3.63) is 34.9 Å². The molecule has 1 heterocycles. The minimum absolute atomic E-state index is 0.0766. The van der Waals surface area contributed by atoms with Crippen molar-refractivity contribution in [2.24, 2.45) is 0 Å². The molecule has 7 heteroatoms. The van der Waals surface area contributed by atoms with E-state index in [4.69, 9.17) is 16.3 Å². The minimum Gasteiger partial charge on any atom is -0.379 e. The molecule has 1 saturated heterocycles. The van der Waals surface area contributed by atoms with Crippen molar-refractivity contribution in [2.45, 2.75) is 13.5 Å². The van der Waals surface area contributed by atoms with Gasteiger partial charge in [-0.05, 0) is 17.7 Å². The minimum atomic E-state index is -0.165. The zero-order valence-corrected chi connectivity index (χ0v) is 14.7. The van der Waals surface area contributed by atoms with Crippen molar-refractivity contribution >= 4 is 23.4 Å². The Hall–Kier alpha value is -1.63. The van der Waals surface area contributed by atoms with E-state index >= 15 is 0 Å². The van der Waals surface area contributed by atoms with Gasteiger partial charge in [-0.3, -0.25) is 14.5 Å². The topological polar surface area (TPSA) is 61.9 Å². The fraction of sp³-hybridized carbons (Fsp3) is 0.529. The smallest absolute Gasteiger partial charge is 0.239 e. The first-order valence-corrected chi connectivity index (χ1v) is 8.49. The highest BCUT2D eigenvalue weighted by Crippen LogP contribution is 2.09. The van der Waals surface area contributed by atoms with Crippen LogP contribution in [0.1, 0.15) is 12.5 Å². The Labute approximate surface area is 147 Å². The third-order valence-electron chi connectivity index (χ3n) is 3.97. The first kappa shape index (κ1) is 18.7. The quantitative estimate of drug-likeness (QED) is 0.798. The molecule has 0 aromatic heterocycles. The predicted octanol–water partition coefficient (Wildman–Crippen LogP) is 1.14. The van der Waals surface area contributed by atoms with Crippen molar-refractivity contribution in [2.75, 3.05) is 45.9 Å². The number of halogens is 1. The SMILES string of the molecule is CC(=O)N(CCN1CCOCC1)CC(=O)NCc1ccc(Cl)cc1. The van der Waals surface area contributed by atoms with Crippen molar-refractivity contribution in [3.8, 4) is 0 Å². The van der Waals surface area contributed by atoms with E-state index in [1.807, 2.05) is 12.1 Å². The average Bonchev–Trinajstić information content (AvgIpc) is 2.58. The van der Waals surface area contributed by atoms with Gasteiger partial charge in [0.25, 0.3) is 0 Å². The van der Waals surface area contributed by atoms with Crippen LogP contribution in [-0.4, -0.2) is 67.6 Å². The highest BCUT2D eigenvalue weighted by molar-refractivity contribution is 6.30. The van der Waals surface area contributed by atoms with Crippen LogP contribution in [-0.2, 0) is 20.9 Å². The summed E-state index contributed by atoms with van der Waals surface area (Å²) < 4.78 is 5.31. The van der Waals surface area contributed by atoms with Crippen molar-refractivity contribution in [3.63, 3.8) is 0 Å². The van der Waals surface area contributed by atoms with Gasteiger partial charge in [0.2, 0.25) is 11.8 Å². The van der Waals surface area contributed by atoms with Crippen LogP contribution in [0.4, 0.5) is 0 Å². The standard InChI is InChI=1S/C17H24ClN3O3/c1-14(22)21(7-6-20-8-10-24-11-9-20)13-17(23)19-12-15-2-4-16(18)5-3-15/h2-5H,6-13H2,1H3,(H,19,23). The van der Waals surface area contributed by atoms with Gasteiger partial charge >= 0.3 is 0 Å². The van der Waals surface area contributed by atoms with E-state index in [0.717, 1.165) is 38.4 Å². The van der Waals surface area contributed by atoms with Crippen molar-refractivity contribution in [1.29, 1.82) is 0 Å². The molecule has 0 unspecified atom stereocenters. The number of hydrogen-bond donors (Lipinski definition) is 1. The maximum atomic E-state index is 12.1. The van der Waals surface area contributed by atoms with Gasteiger partial charge in [-0.2, -0.15) is 0 Å². The summed E-state index contributed by atoms with van der Waals surface area (Å²) in [5.74, 6) is -0.257. The van der Waals surface area contributed by atoms with E-state index in [-0.39, 0.29) is 18.4 Å². The molecule has 2 amide bonds. The number of carbonyl (C=O) groups is 2. The van der Waals surface area contributed by atoms with E-state index in [2.05, 4.69) is 10.2 Å². The molecule has 1 N–H and O–H groups in total. The largest absolute Gasteiger partial charge is 0.379 e. The van der Waals surface area contributed by atoms with Gasteiger partial charge in [0, 0.05) is 44.7 Å². The lowest BCUT2D eigenvalue weighted by Crippen LogP contribution is -2.45. The summed E-state index contributed by atoms with van der Waals surface area (Å²) in [7, 11) is 0. The molecule has 0 radical (unpaired) electrons. The molecule has 0 spiro atoms. The molecule has 1 aliphatic rings. The highest BCUT2D eigenvalue weighted by Gasteiger charge is 2.16. The summed E-state index contributed by atoms with van der Waals surface area (Å²) >= 11 is 5.83. The van der Waals surface area contributed by atoms with E-state index in [0.29, 0.717) is 18.1 Å². The fourth-order valence-corrected chi connectivity index (χ4v) is 2.59. The number of amides is 2. The van der Waals surface area contributed by atoms with Crippen LogP contribution in [0.3, 0.4) is 0 Å². The Balaban J connectivity index is 1.75. The molecule has 6 nitrogen and oxygen atoms in total. The zero-order valence-electron chi connectivity index (χ0n) is 14.0. The summed E-state index contributed by atoms with van der Waals surface area (Å²) in [6.45, 7) is 6.48. The van der Waals surface area contributed by atoms with Gasteiger partial charge in [0.1, 0.15) is 0 Å². The third kappa shape index (κ3) is 6.47. The second kappa shape index (κ2) is 9.61. The molecule has 1 fully saturated rings. The number of hydrogen-bond acceptors (Lipinski definition) is 4. The molecule has 0 aliphatic carbocycles. The van der Waals surface area contributed by atoms with E-state index in [9.17, 15) is 9.59 Å². The van der Waals surface area contributed by atoms with Gasteiger partial charge in [0.15, 0.2) is 0 Å². The summed E-state index contributed by atoms with van der Waals surface area (Å²) in [5, 5.41) is 3.50. The number of nitrogens with zero attached hydrogens (tertiary/aromatic N) is 2. The molecule has 1 aromatic carbocycles. The lowest BCUT2D eigenvalue weighted by atomic mass is 10.2. The molecule has 2 rings (SSSR count). The Morgan fingerprint density at radius 2 is 1.92 bits per heavy atom. The maximum Gasteiger partial charge on any atom is 0.239 e. The molecular formula is C17H24ClN3O3. The lowest BCUT2D eigenvalue weighted by Gasteiger charge is -2.29. The Morgan fingerprint density at radius 3 is 2.54 bits per heavy atom. The third-order valence-corrected chi connectivity index (χ3v) is 4.22. The molecule has 0 bridgehead atoms. The van der Waals surface area contributed by atoms with E-state index in [1.54, 1.807) is 17.0 Å². The van der Waals surface area contributed by atoms with Crippen LogP contribution >= 0.6 is 11.6 Å². The summed E-state index contributed by atoms with van der Waals surface area (Å²) in [6, 6.07) is 7.30. The Morgan fingerprint density at radius 1 is 1.25 bits per heavy atom. The molecule has 0 saturated carbocycles. The predicted molar refractivity (Wildman–Crippen MR) is 92.8 cm³/mol. The van der Waals surface area contributed by atoms with Gasteiger partial charge in [0.05, 0.1) is 19.8 Å². The van der Waals surface area contributed by atoms with Crippen molar-refractivity contribution < 1.29 is 14.3 Å². The zero-order chi connectivity index (χ0) is 17.4. The van der Waals surface area contributed by atoms with Crippen LogP contribution in [0, 0.1) is 0 Å². The number of carbonyl (C=O) groups excluding carboxylic acids is 2. The number of morpholine rings is 1. The van der Waals surface area contributed by atoms with Gasteiger partial charge in [-0.1, -0.05) is 23.7 Å². The Bertz CT molecular complexity index is 545. The van der Waals surface area contributed by atoms with Gasteiger partial charge < -0.3 is 15.0 Å². The molecular weight excluding hydrogens is 330 g/mol. The Kier molecular flexibility index (Phi) is 7.49.